The van der Waals surface area contributed by atoms with Crippen molar-refractivity contribution in [2.45, 2.75) is 26.3 Å². The van der Waals surface area contributed by atoms with E-state index in [9.17, 15) is 14.9 Å². The highest BCUT2D eigenvalue weighted by Crippen LogP contribution is 2.24. The molecule has 136 valence electrons. The maximum absolute atomic E-state index is 12.6. The molecule has 0 saturated carbocycles. The maximum Gasteiger partial charge on any atom is 0.274 e. The normalized spacial score (nSPS) is 17.7. The predicted octanol–water partition coefficient (Wildman–Crippen LogP) is 3.75. The van der Waals surface area contributed by atoms with Crippen LogP contribution >= 0.6 is 0 Å². The van der Waals surface area contributed by atoms with Gasteiger partial charge in [0, 0.05) is 30.4 Å². The number of anilines is 1. The van der Waals surface area contributed by atoms with E-state index in [-0.39, 0.29) is 17.5 Å². The Hall–Kier alpha value is -2.73. The Kier molecular flexibility index (Phi) is 5.63. The summed E-state index contributed by atoms with van der Waals surface area (Å²) in [5.41, 5.74) is 2.33. The first kappa shape index (κ1) is 18.1. The second kappa shape index (κ2) is 8.10. The first-order valence-corrected chi connectivity index (χ1v) is 8.85. The number of amides is 1. The van der Waals surface area contributed by atoms with Gasteiger partial charge < -0.3 is 5.32 Å². The Morgan fingerprint density at radius 1 is 1.27 bits per heavy atom. The number of carbonyl (C=O) groups excluding carboxylic acids is 1. The van der Waals surface area contributed by atoms with Crippen molar-refractivity contribution in [3.05, 3.63) is 69.8 Å². The smallest absolute Gasteiger partial charge is 0.274 e. The summed E-state index contributed by atoms with van der Waals surface area (Å²) in [5.74, 6) is -0.172. The number of nitrogens with one attached hydrogen (secondary N) is 1. The molecular weight excluding hydrogens is 330 g/mol. The number of nitro groups is 1. The quantitative estimate of drug-likeness (QED) is 0.656. The first-order chi connectivity index (χ1) is 12.5. The Morgan fingerprint density at radius 2 is 2.04 bits per heavy atom. The van der Waals surface area contributed by atoms with E-state index in [1.54, 1.807) is 19.1 Å². The molecule has 1 heterocycles. The van der Waals surface area contributed by atoms with Crippen molar-refractivity contribution in [3.63, 3.8) is 0 Å². The van der Waals surface area contributed by atoms with Crippen molar-refractivity contribution in [2.75, 3.05) is 18.4 Å². The molecule has 26 heavy (non-hydrogen) atoms. The molecule has 0 radical (unpaired) electrons. The van der Waals surface area contributed by atoms with Crippen molar-refractivity contribution < 1.29 is 9.72 Å². The number of rotatable bonds is 5. The second-order valence-corrected chi connectivity index (χ2v) is 6.81. The van der Waals surface area contributed by atoms with Gasteiger partial charge in [-0.25, -0.2) is 0 Å². The number of hydrogen-bond donors (Lipinski definition) is 1. The van der Waals surface area contributed by atoms with Crippen molar-refractivity contribution >= 4 is 17.3 Å². The number of carbonyl (C=O) groups is 1. The third kappa shape index (κ3) is 4.46. The number of benzene rings is 2. The number of likely N-dealkylation sites (tertiary alicyclic amines) is 1. The zero-order chi connectivity index (χ0) is 18.5. The summed E-state index contributed by atoms with van der Waals surface area (Å²) in [7, 11) is 0. The molecule has 1 unspecified atom stereocenters. The average molecular weight is 353 g/mol. The SMILES string of the molecule is Cc1ccc(NC(=O)C2CCCN(Cc3ccccc3)C2)cc1[N+](=O)[O-]. The highest BCUT2D eigenvalue weighted by molar-refractivity contribution is 5.93. The zero-order valence-corrected chi connectivity index (χ0v) is 14.9. The van der Waals surface area contributed by atoms with Gasteiger partial charge in [-0.2, -0.15) is 0 Å². The third-order valence-electron chi connectivity index (χ3n) is 4.80. The van der Waals surface area contributed by atoms with Gasteiger partial charge in [0.15, 0.2) is 0 Å². The number of hydrogen-bond acceptors (Lipinski definition) is 4. The van der Waals surface area contributed by atoms with E-state index < -0.39 is 4.92 Å². The standard InChI is InChI=1S/C20H23N3O3/c1-15-9-10-18(12-19(15)23(25)26)21-20(24)17-8-5-11-22(14-17)13-16-6-3-2-4-7-16/h2-4,6-7,9-10,12,17H,5,8,11,13-14H2,1H3,(H,21,24). The summed E-state index contributed by atoms with van der Waals surface area (Å²) >= 11 is 0. The molecule has 0 aromatic heterocycles. The van der Waals surface area contributed by atoms with Crippen LogP contribution in [0.2, 0.25) is 0 Å². The minimum Gasteiger partial charge on any atom is -0.326 e. The van der Waals surface area contributed by atoms with Crippen LogP contribution in [0.3, 0.4) is 0 Å². The topological polar surface area (TPSA) is 75.5 Å². The van der Waals surface area contributed by atoms with Crippen LogP contribution in [0.5, 0.6) is 0 Å². The summed E-state index contributed by atoms with van der Waals surface area (Å²) < 4.78 is 0. The molecule has 1 aliphatic rings. The largest absolute Gasteiger partial charge is 0.326 e. The molecule has 1 saturated heterocycles. The highest BCUT2D eigenvalue weighted by Gasteiger charge is 2.26. The second-order valence-electron chi connectivity index (χ2n) is 6.81. The highest BCUT2D eigenvalue weighted by atomic mass is 16.6. The van der Waals surface area contributed by atoms with Gasteiger partial charge in [-0.05, 0) is 37.9 Å². The number of aryl methyl sites for hydroxylation is 1. The molecule has 0 bridgehead atoms. The lowest BCUT2D eigenvalue weighted by Crippen LogP contribution is -2.40. The molecular formula is C20H23N3O3. The minimum absolute atomic E-state index is 0.0251. The van der Waals surface area contributed by atoms with Gasteiger partial charge in [-0.1, -0.05) is 36.4 Å². The average Bonchev–Trinajstić information content (AvgIpc) is 2.64. The monoisotopic (exact) mass is 353 g/mol. The molecule has 6 nitrogen and oxygen atoms in total. The minimum atomic E-state index is -0.423. The molecule has 1 atom stereocenters. The van der Waals surface area contributed by atoms with Crippen molar-refractivity contribution in [1.29, 1.82) is 0 Å². The number of nitro benzene ring substituents is 1. The summed E-state index contributed by atoms with van der Waals surface area (Å²) in [5, 5.41) is 13.9. The van der Waals surface area contributed by atoms with Crippen LogP contribution in [0.4, 0.5) is 11.4 Å². The van der Waals surface area contributed by atoms with Gasteiger partial charge in [0.25, 0.3) is 5.69 Å². The van der Waals surface area contributed by atoms with Gasteiger partial charge >= 0.3 is 0 Å². The van der Waals surface area contributed by atoms with Crippen LogP contribution in [0, 0.1) is 23.0 Å². The van der Waals surface area contributed by atoms with E-state index in [1.807, 2.05) is 18.2 Å². The maximum atomic E-state index is 12.6. The van der Waals surface area contributed by atoms with E-state index >= 15 is 0 Å². The van der Waals surface area contributed by atoms with E-state index in [0.29, 0.717) is 17.8 Å². The summed E-state index contributed by atoms with van der Waals surface area (Å²) in [6, 6.07) is 15.0. The van der Waals surface area contributed by atoms with Crippen LogP contribution < -0.4 is 5.32 Å². The van der Waals surface area contributed by atoms with Crippen LogP contribution in [0.15, 0.2) is 48.5 Å². The lowest BCUT2D eigenvalue weighted by atomic mass is 9.96. The molecule has 1 fully saturated rings. The zero-order valence-electron chi connectivity index (χ0n) is 14.9. The molecule has 2 aromatic rings. The predicted molar refractivity (Wildman–Crippen MR) is 101 cm³/mol. The summed E-state index contributed by atoms with van der Waals surface area (Å²) in [4.78, 5) is 25.6. The van der Waals surface area contributed by atoms with E-state index in [0.717, 1.165) is 25.9 Å². The van der Waals surface area contributed by atoms with Gasteiger partial charge in [-0.3, -0.25) is 19.8 Å². The van der Waals surface area contributed by atoms with Crippen molar-refractivity contribution in [3.8, 4) is 0 Å². The van der Waals surface area contributed by atoms with Crippen LogP contribution in [-0.4, -0.2) is 28.8 Å². The van der Waals surface area contributed by atoms with Gasteiger partial charge in [0.05, 0.1) is 10.8 Å². The fourth-order valence-corrected chi connectivity index (χ4v) is 3.38. The van der Waals surface area contributed by atoms with Gasteiger partial charge in [-0.15, -0.1) is 0 Å². The fourth-order valence-electron chi connectivity index (χ4n) is 3.38. The van der Waals surface area contributed by atoms with Crippen LogP contribution in [-0.2, 0) is 11.3 Å². The number of piperidine rings is 1. The van der Waals surface area contributed by atoms with E-state index in [2.05, 4.69) is 22.3 Å². The van der Waals surface area contributed by atoms with Crippen molar-refractivity contribution in [1.82, 2.24) is 4.90 Å². The Labute approximate surface area is 153 Å². The molecule has 0 spiro atoms. The molecule has 2 aromatic carbocycles. The summed E-state index contributed by atoms with van der Waals surface area (Å²) in [6.45, 7) is 4.20. The van der Waals surface area contributed by atoms with E-state index in [1.165, 1.54) is 11.6 Å². The molecule has 0 aliphatic carbocycles. The van der Waals surface area contributed by atoms with Gasteiger partial charge in [0.2, 0.25) is 5.91 Å². The molecule has 3 rings (SSSR count). The summed E-state index contributed by atoms with van der Waals surface area (Å²) in [6.07, 6.45) is 1.81. The molecule has 6 heteroatoms. The van der Waals surface area contributed by atoms with Crippen molar-refractivity contribution in [2.24, 2.45) is 5.92 Å². The molecule has 1 N–H and O–H groups in total. The molecule has 1 aliphatic heterocycles. The van der Waals surface area contributed by atoms with Crippen LogP contribution in [0.25, 0.3) is 0 Å². The Bertz CT molecular complexity index is 792. The lowest BCUT2D eigenvalue weighted by Gasteiger charge is -2.32. The third-order valence-corrected chi connectivity index (χ3v) is 4.80. The Balaban J connectivity index is 1.62. The number of nitrogens with zero attached hydrogens (tertiary/aromatic N) is 2. The Morgan fingerprint density at radius 3 is 2.77 bits per heavy atom. The van der Waals surface area contributed by atoms with Crippen LogP contribution in [0.1, 0.15) is 24.0 Å². The lowest BCUT2D eigenvalue weighted by molar-refractivity contribution is -0.385. The van der Waals surface area contributed by atoms with E-state index in [4.69, 9.17) is 0 Å². The van der Waals surface area contributed by atoms with Gasteiger partial charge in [0.1, 0.15) is 0 Å². The molecule has 1 amide bonds. The first-order valence-electron chi connectivity index (χ1n) is 8.85. The fraction of sp³-hybridized carbons (Fsp3) is 0.350.